The molecular weight excluding hydrogens is 328 g/mol. The van der Waals surface area contributed by atoms with E-state index in [0.717, 1.165) is 42.5 Å². The number of benzene rings is 1. The molecule has 3 nitrogen and oxygen atoms in total. The van der Waals surface area contributed by atoms with Gasteiger partial charge in [0.25, 0.3) is 0 Å². The van der Waals surface area contributed by atoms with Crippen molar-refractivity contribution in [2.75, 3.05) is 19.6 Å². The monoisotopic (exact) mass is 354 g/mol. The molecule has 2 rings (SSSR count). The molecule has 1 aliphatic rings. The molecule has 2 unspecified atom stereocenters. The van der Waals surface area contributed by atoms with E-state index in [1.165, 1.54) is 12.8 Å². The van der Waals surface area contributed by atoms with E-state index in [4.69, 9.17) is 0 Å². The summed E-state index contributed by atoms with van der Waals surface area (Å²) in [6.45, 7) is 7.71. The fourth-order valence-electron chi connectivity index (χ4n) is 3.32. The standard InChI is InChI=1S/C17H27BrN2O/c1-3-10-20(12-14-6-5-9-19-14)16(4-2)15-11-13(18)7-8-17(15)21/h7-8,11,14,16,19,21H,3-6,9-10,12H2,1-2H3. The summed E-state index contributed by atoms with van der Waals surface area (Å²) in [5, 5.41) is 13.8. The van der Waals surface area contributed by atoms with Gasteiger partial charge in [-0.15, -0.1) is 0 Å². The van der Waals surface area contributed by atoms with Crippen LogP contribution in [0.25, 0.3) is 0 Å². The maximum absolute atomic E-state index is 10.3. The Balaban J connectivity index is 2.19. The van der Waals surface area contributed by atoms with E-state index in [0.29, 0.717) is 11.8 Å². The third-order valence-electron chi connectivity index (χ3n) is 4.30. The molecule has 0 aromatic heterocycles. The quantitative estimate of drug-likeness (QED) is 0.774. The van der Waals surface area contributed by atoms with Gasteiger partial charge in [-0.05, 0) is 57.0 Å². The molecule has 0 saturated carbocycles. The third kappa shape index (κ3) is 4.44. The number of nitrogens with zero attached hydrogens (tertiary/aromatic N) is 1. The predicted molar refractivity (Wildman–Crippen MR) is 91.7 cm³/mol. The number of rotatable bonds is 7. The minimum absolute atomic E-state index is 0.282. The Morgan fingerprint density at radius 3 is 2.86 bits per heavy atom. The molecule has 118 valence electrons. The van der Waals surface area contributed by atoms with Crippen LogP contribution in [0.15, 0.2) is 22.7 Å². The Morgan fingerprint density at radius 2 is 2.24 bits per heavy atom. The molecule has 1 aliphatic heterocycles. The Hall–Kier alpha value is -0.580. The first-order valence-electron chi connectivity index (χ1n) is 8.11. The Morgan fingerprint density at radius 1 is 1.43 bits per heavy atom. The van der Waals surface area contributed by atoms with Gasteiger partial charge in [-0.2, -0.15) is 0 Å². The maximum Gasteiger partial charge on any atom is 0.120 e. The molecule has 2 atom stereocenters. The van der Waals surface area contributed by atoms with Crippen LogP contribution in [-0.2, 0) is 0 Å². The number of phenolic OH excluding ortho intramolecular Hbond substituents is 1. The van der Waals surface area contributed by atoms with Gasteiger partial charge in [0.15, 0.2) is 0 Å². The van der Waals surface area contributed by atoms with Crippen LogP contribution in [0.3, 0.4) is 0 Å². The fourth-order valence-corrected chi connectivity index (χ4v) is 3.70. The van der Waals surface area contributed by atoms with Crippen molar-refractivity contribution in [3.8, 4) is 5.75 Å². The smallest absolute Gasteiger partial charge is 0.120 e. The molecule has 21 heavy (non-hydrogen) atoms. The van der Waals surface area contributed by atoms with Crippen LogP contribution in [0.1, 0.15) is 51.1 Å². The number of halogens is 1. The number of hydrogen-bond donors (Lipinski definition) is 2. The summed E-state index contributed by atoms with van der Waals surface area (Å²) >= 11 is 3.53. The van der Waals surface area contributed by atoms with Crippen molar-refractivity contribution >= 4 is 15.9 Å². The fraction of sp³-hybridized carbons (Fsp3) is 0.647. The van der Waals surface area contributed by atoms with Crippen LogP contribution >= 0.6 is 15.9 Å². The Kier molecular flexibility index (Phi) is 6.52. The summed E-state index contributed by atoms with van der Waals surface area (Å²) in [6.07, 6.45) is 4.69. The van der Waals surface area contributed by atoms with Crippen LogP contribution < -0.4 is 5.32 Å². The average molecular weight is 355 g/mol. The van der Waals surface area contributed by atoms with E-state index in [-0.39, 0.29) is 6.04 Å². The van der Waals surface area contributed by atoms with E-state index in [1.807, 2.05) is 6.07 Å². The van der Waals surface area contributed by atoms with Crippen LogP contribution in [0.4, 0.5) is 0 Å². The molecule has 1 saturated heterocycles. The zero-order chi connectivity index (χ0) is 15.2. The topological polar surface area (TPSA) is 35.5 Å². The van der Waals surface area contributed by atoms with Gasteiger partial charge in [0, 0.05) is 28.7 Å². The molecule has 1 heterocycles. The van der Waals surface area contributed by atoms with Crippen molar-refractivity contribution in [3.05, 3.63) is 28.2 Å². The molecule has 1 fully saturated rings. The number of aromatic hydroxyl groups is 1. The lowest BCUT2D eigenvalue weighted by molar-refractivity contribution is 0.173. The third-order valence-corrected chi connectivity index (χ3v) is 4.80. The van der Waals surface area contributed by atoms with Crippen molar-refractivity contribution in [2.24, 2.45) is 0 Å². The van der Waals surface area contributed by atoms with Gasteiger partial charge in [0.2, 0.25) is 0 Å². The summed E-state index contributed by atoms with van der Waals surface area (Å²) in [5.41, 5.74) is 1.04. The van der Waals surface area contributed by atoms with Crippen LogP contribution in [0.5, 0.6) is 5.75 Å². The van der Waals surface area contributed by atoms with Crippen molar-refractivity contribution in [3.63, 3.8) is 0 Å². The van der Waals surface area contributed by atoms with Gasteiger partial charge >= 0.3 is 0 Å². The predicted octanol–water partition coefficient (Wildman–Crippen LogP) is 4.07. The zero-order valence-electron chi connectivity index (χ0n) is 13.1. The summed E-state index contributed by atoms with van der Waals surface area (Å²) in [7, 11) is 0. The molecule has 4 heteroatoms. The number of phenols is 1. The minimum atomic E-state index is 0.282. The zero-order valence-corrected chi connectivity index (χ0v) is 14.7. The highest BCUT2D eigenvalue weighted by Gasteiger charge is 2.25. The van der Waals surface area contributed by atoms with Gasteiger partial charge in [0.1, 0.15) is 5.75 Å². The first-order chi connectivity index (χ1) is 10.2. The lowest BCUT2D eigenvalue weighted by Crippen LogP contribution is -2.40. The van der Waals surface area contributed by atoms with E-state index in [2.05, 4.69) is 46.1 Å². The van der Waals surface area contributed by atoms with Crippen LogP contribution in [0, 0.1) is 0 Å². The summed E-state index contributed by atoms with van der Waals surface area (Å²) in [5.74, 6) is 0.408. The molecule has 0 spiro atoms. The van der Waals surface area contributed by atoms with Crippen molar-refractivity contribution in [2.45, 2.75) is 51.6 Å². The lowest BCUT2D eigenvalue weighted by atomic mass is 10.0. The van der Waals surface area contributed by atoms with E-state index in [9.17, 15) is 5.11 Å². The molecular formula is C17H27BrN2O. The van der Waals surface area contributed by atoms with Crippen molar-refractivity contribution in [1.29, 1.82) is 0 Å². The van der Waals surface area contributed by atoms with Gasteiger partial charge in [0.05, 0.1) is 0 Å². The van der Waals surface area contributed by atoms with Gasteiger partial charge < -0.3 is 10.4 Å². The van der Waals surface area contributed by atoms with Crippen LogP contribution in [0.2, 0.25) is 0 Å². The second kappa shape index (κ2) is 8.16. The average Bonchev–Trinajstić information content (AvgIpc) is 2.96. The second-order valence-electron chi connectivity index (χ2n) is 5.92. The molecule has 0 radical (unpaired) electrons. The molecule has 1 aromatic carbocycles. The highest BCUT2D eigenvalue weighted by molar-refractivity contribution is 9.10. The Labute approximate surface area is 136 Å². The van der Waals surface area contributed by atoms with Gasteiger partial charge in [-0.25, -0.2) is 0 Å². The largest absolute Gasteiger partial charge is 0.508 e. The van der Waals surface area contributed by atoms with E-state index < -0.39 is 0 Å². The lowest BCUT2D eigenvalue weighted by Gasteiger charge is -2.33. The molecule has 0 amide bonds. The van der Waals surface area contributed by atoms with Gasteiger partial charge in [-0.3, -0.25) is 4.90 Å². The van der Waals surface area contributed by atoms with E-state index >= 15 is 0 Å². The molecule has 0 bridgehead atoms. The molecule has 1 aromatic rings. The highest BCUT2D eigenvalue weighted by atomic mass is 79.9. The summed E-state index contributed by atoms with van der Waals surface area (Å²) in [4.78, 5) is 2.53. The normalized spacial score (nSPS) is 20.1. The Bertz CT molecular complexity index is 446. The SMILES string of the molecule is CCCN(CC1CCCN1)C(CC)c1cc(Br)ccc1O. The molecule has 2 N–H and O–H groups in total. The van der Waals surface area contributed by atoms with Crippen molar-refractivity contribution < 1.29 is 5.11 Å². The van der Waals surface area contributed by atoms with Crippen LogP contribution in [-0.4, -0.2) is 35.7 Å². The van der Waals surface area contributed by atoms with Crippen molar-refractivity contribution in [1.82, 2.24) is 10.2 Å². The van der Waals surface area contributed by atoms with Gasteiger partial charge in [-0.1, -0.05) is 29.8 Å². The minimum Gasteiger partial charge on any atom is -0.508 e. The maximum atomic E-state index is 10.3. The first kappa shape index (κ1) is 16.8. The first-order valence-corrected chi connectivity index (χ1v) is 8.90. The number of nitrogens with one attached hydrogen (secondary N) is 1. The highest BCUT2D eigenvalue weighted by Crippen LogP contribution is 2.33. The summed E-state index contributed by atoms with van der Waals surface area (Å²) in [6, 6.07) is 6.63. The summed E-state index contributed by atoms with van der Waals surface area (Å²) < 4.78 is 1.03. The molecule has 0 aliphatic carbocycles. The second-order valence-corrected chi connectivity index (χ2v) is 6.83. The van der Waals surface area contributed by atoms with E-state index in [1.54, 1.807) is 6.07 Å². The number of hydrogen-bond acceptors (Lipinski definition) is 3.